The number of hydrogen-bond donors (Lipinski definition) is 2. The summed E-state index contributed by atoms with van der Waals surface area (Å²) in [5.41, 5.74) is 8.10. The molecule has 1 aromatic carbocycles. The van der Waals surface area contributed by atoms with E-state index in [4.69, 9.17) is 22.1 Å². The van der Waals surface area contributed by atoms with Crippen molar-refractivity contribution in [2.24, 2.45) is 0 Å². The van der Waals surface area contributed by atoms with Gasteiger partial charge in [0.15, 0.2) is 5.82 Å². The maximum Gasteiger partial charge on any atom is 0.242 e. The van der Waals surface area contributed by atoms with Gasteiger partial charge in [-0.15, -0.1) is 0 Å². The number of rotatable bonds is 4. The number of nitrogens with one attached hydrogen (secondary N) is 1. The minimum absolute atomic E-state index is 0.365. The molecule has 1 aromatic heterocycles. The summed E-state index contributed by atoms with van der Waals surface area (Å²) < 4.78 is 5.33. The fraction of sp³-hybridized carbons (Fsp3) is 0.231. The molecule has 19 heavy (non-hydrogen) atoms. The molecule has 100 valence electrons. The number of aromatic nitrogens is 2. The first-order valence-corrected chi connectivity index (χ1v) is 6.26. The molecule has 0 aliphatic rings. The molecule has 0 radical (unpaired) electrons. The van der Waals surface area contributed by atoms with E-state index in [0.717, 1.165) is 11.3 Å². The molecule has 3 N–H and O–H groups in total. The number of ether oxygens (including phenoxy) is 1. The number of nitrogens with two attached hydrogens (primary N) is 1. The molecule has 0 unspecified atom stereocenters. The number of nitrogens with zero attached hydrogens (tertiary/aromatic N) is 2. The lowest BCUT2D eigenvalue weighted by molar-refractivity contribution is 0.328. The molecule has 2 aromatic rings. The van der Waals surface area contributed by atoms with Gasteiger partial charge in [-0.2, -0.15) is 4.98 Å². The van der Waals surface area contributed by atoms with E-state index in [9.17, 15) is 0 Å². The molecule has 0 saturated heterocycles. The van der Waals surface area contributed by atoms with E-state index >= 15 is 0 Å². The zero-order chi connectivity index (χ0) is 13.8. The summed E-state index contributed by atoms with van der Waals surface area (Å²) in [6, 6.07) is 5.64. The van der Waals surface area contributed by atoms with Crippen LogP contribution in [0.15, 0.2) is 24.5 Å². The van der Waals surface area contributed by atoms with Crippen molar-refractivity contribution in [1.29, 1.82) is 0 Å². The van der Waals surface area contributed by atoms with E-state index in [1.807, 2.05) is 26.0 Å². The van der Waals surface area contributed by atoms with E-state index in [1.165, 1.54) is 6.33 Å². The van der Waals surface area contributed by atoms with Crippen LogP contribution in [0.1, 0.15) is 12.5 Å². The minimum atomic E-state index is 0.365. The third-order valence-electron chi connectivity index (χ3n) is 2.59. The van der Waals surface area contributed by atoms with E-state index < -0.39 is 0 Å². The van der Waals surface area contributed by atoms with Gasteiger partial charge >= 0.3 is 0 Å². The predicted molar refractivity (Wildman–Crippen MR) is 77.1 cm³/mol. The molecule has 0 saturated carbocycles. The van der Waals surface area contributed by atoms with Crippen LogP contribution < -0.4 is 15.8 Å². The Hall–Kier alpha value is -2.01. The van der Waals surface area contributed by atoms with Gasteiger partial charge in [-0.1, -0.05) is 23.7 Å². The summed E-state index contributed by atoms with van der Waals surface area (Å²) >= 11 is 6.15. The largest absolute Gasteiger partial charge is 0.476 e. The first-order chi connectivity index (χ1) is 9.13. The Morgan fingerprint density at radius 2 is 2.16 bits per heavy atom. The van der Waals surface area contributed by atoms with Crippen LogP contribution >= 0.6 is 11.6 Å². The molecule has 0 bridgehead atoms. The smallest absolute Gasteiger partial charge is 0.242 e. The third kappa shape index (κ3) is 2.88. The number of halogens is 1. The monoisotopic (exact) mass is 278 g/mol. The Morgan fingerprint density at radius 3 is 2.84 bits per heavy atom. The Labute approximate surface area is 116 Å². The summed E-state index contributed by atoms with van der Waals surface area (Å²) in [7, 11) is 0. The number of nitrogen functional groups attached to an aromatic ring is 1. The molecule has 0 aliphatic carbocycles. The second kappa shape index (κ2) is 5.75. The molecular weight excluding hydrogens is 264 g/mol. The van der Waals surface area contributed by atoms with Crippen LogP contribution in [-0.2, 0) is 0 Å². The first kappa shape index (κ1) is 13.4. The molecular formula is C13H15ClN4O. The summed E-state index contributed by atoms with van der Waals surface area (Å²) in [5.74, 6) is 0.847. The van der Waals surface area contributed by atoms with Crippen molar-refractivity contribution in [2.45, 2.75) is 13.8 Å². The van der Waals surface area contributed by atoms with Gasteiger partial charge in [0.2, 0.25) is 5.88 Å². The van der Waals surface area contributed by atoms with Crippen LogP contribution in [0, 0.1) is 6.92 Å². The molecule has 6 heteroatoms. The summed E-state index contributed by atoms with van der Waals surface area (Å²) in [6.45, 7) is 4.31. The highest BCUT2D eigenvalue weighted by Gasteiger charge is 2.11. The third-order valence-corrected chi connectivity index (χ3v) is 2.91. The lowest BCUT2D eigenvalue weighted by Gasteiger charge is -2.13. The van der Waals surface area contributed by atoms with E-state index in [2.05, 4.69) is 15.3 Å². The van der Waals surface area contributed by atoms with Crippen LogP contribution in [0.2, 0.25) is 5.02 Å². The molecule has 0 atom stereocenters. The normalized spacial score (nSPS) is 10.3. The standard InChI is InChI=1S/C13H15ClN4O/c1-3-19-13-10(15)12(16-7-17-13)18-11-8(2)5-4-6-9(11)14/h4-7H,3,15H2,1-2H3,(H,16,17,18). The summed E-state index contributed by atoms with van der Waals surface area (Å²) in [4.78, 5) is 8.10. The second-order valence-electron chi connectivity index (χ2n) is 3.93. The minimum Gasteiger partial charge on any atom is -0.476 e. The molecule has 1 heterocycles. The van der Waals surface area contributed by atoms with Crippen molar-refractivity contribution in [1.82, 2.24) is 9.97 Å². The molecule has 5 nitrogen and oxygen atoms in total. The van der Waals surface area contributed by atoms with Gasteiger partial charge in [0.1, 0.15) is 12.0 Å². The van der Waals surface area contributed by atoms with E-state index in [-0.39, 0.29) is 0 Å². The SMILES string of the molecule is CCOc1ncnc(Nc2c(C)cccc2Cl)c1N. The van der Waals surface area contributed by atoms with Gasteiger partial charge in [0, 0.05) is 0 Å². The average Bonchev–Trinajstić information content (AvgIpc) is 2.38. The van der Waals surface area contributed by atoms with Gasteiger partial charge in [0.05, 0.1) is 17.3 Å². The van der Waals surface area contributed by atoms with Crippen molar-refractivity contribution in [2.75, 3.05) is 17.7 Å². The molecule has 0 aliphatic heterocycles. The molecule has 0 amide bonds. The lowest BCUT2D eigenvalue weighted by Crippen LogP contribution is -2.05. The zero-order valence-corrected chi connectivity index (χ0v) is 11.5. The quantitative estimate of drug-likeness (QED) is 0.899. The van der Waals surface area contributed by atoms with Crippen molar-refractivity contribution >= 4 is 28.8 Å². The van der Waals surface area contributed by atoms with Gasteiger partial charge in [-0.3, -0.25) is 0 Å². The number of para-hydroxylation sites is 1. The zero-order valence-electron chi connectivity index (χ0n) is 10.8. The highest BCUT2D eigenvalue weighted by molar-refractivity contribution is 6.33. The Bertz CT molecular complexity index is 569. The topological polar surface area (TPSA) is 73.1 Å². The molecule has 0 spiro atoms. The number of hydrogen-bond acceptors (Lipinski definition) is 5. The van der Waals surface area contributed by atoms with Crippen molar-refractivity contribution in [3.05, 3.63) is 35.1 Å². The number of aryl methyl sites for hydroxylation is 1. The highest BCUT2D eigenvalue weighted by atomic mass is 35.5. The Balaban J connectivity index is 2.36. The first-order valence-electron chi connectivity index (χ1n) is 5.89. The second-order valence-corrected chi connectivity index (χ2v) is 4.34. The van der Waals surface area contributed by atoms with Gasteiger partial charge in [-0.05, 0) is 25.5 Å². The van der Waals surface area contributed by atoms with Crippen LogP contribution in [0.25, 0.3) is 0 Å². The summed E-state index contributed by atoms with van der Waals surface area (Å²) in [5, 5.41) is 3.73. The number of benzene rings is 1. The highest BCUT2D eigenvalue weighted by Crippen LogP contribution is 2.32. The van der Waals surface area contributed by atoms with Gasteiger partial charge < -0.3 is 15.8 Å². The van der Waals surface area contributed by atoms with Crippen molar-refractivity contribution in [3.63, 3.8) is 0 Å². The molecule has 2 rings (SSSR count). The lowest BCUT2D eigenvalue weighted by atomic mass is 10.2. The maximum atomic E-state index is 6.15. The number of anilines is 3. The maximum absolute atomic E-state index is 6.15. The fourth-order valence-corrected chi connectivity index (χ4v) is 1.91. The van der Waals surface area contributed by atoms with Crippen LogP contribution in [0.4, 0.5) is 17.2 Å². The van der Waals surface area contributed by atoms with Gasteiger partial charge in [-0.25, -0.2) is 4.98 Å². The Morgan fingerprint density at radius 1 is 1.37 bits per heavy atom. The summed E-state index contributed by atoms with van der Waals surface area (Å²) in [6.07, 6.45) is 1.40. The molecule has 0 fully saturated rings. The van der Waals surface area contributed by atoms with Crippen LogP contribution in [0.5, 0.6) is 5.88 Å². The Kier molecular flexibility index (Phi) is 4.06. The van der Waals surface area contributed by atoms with E-state index in [1.54, 1.807) is 6.07 Å². The van der Waals surface area contributed by atoms with E-state index in [0.29, 0.717) is 29.0 Å². The average molecular weight is 279 g/mol. The predicted octanol–water partition coefficient (Wildman–Crippen LogP) is 3.16. The van der Waals surface area contributed by atoms with Crippen molar-refractivity contribution < 1.29 is 4.74 Å². The van der Waals surface area contributed by atoms with Crippen molar-refractivity contribution in [3.8, 4) is 5.88 Å². The van der Waals surface area contributed by atoms with Crippen LogP contribution in [0.3, 0.4) is 0 Å². The van der Waals surface area contributed by atoms with Gasteiger partial charge in [0.25, 0.3) is 0 Å². The fourth-order valence-electron chi connectivity index (χ4n) is 1.64. The van der Waals surface area contributed by atoms with Crippen LogP contribution in [-0.4, -0.2) is 16.6 Å².